The van der Waals surface area contributed by atoms with E-state index in [0.29, 0.717) is 19.5 Å². The van der Waals surface area contributed by atoms with Crippen molar-refractivity contribution in [1.82, 2.24) is 14.7 Å². The van der Waals surface area contributed by atoms with Gasteiger partial charge in [-0.25, -0.2) is 4.98 Å². The maximum absolute atomic E-state index is 11.0. The Balaban J connectivity index is 2.00. The van der Waals surface area contributed by atoms with Gasteiger partial charge in [-0.2, -0.15) is 0 Å². The summed E-state index contributed by atoms with van der Waals surface area (Å²) in [5.74, 6) is -0.765. The summed E-state index contributed by atoms with van der Waals surface area (Å²) in [6, 6.07) is 2.04. The maximum Gasteiger partial charge on any atom is 0.309 e. The zero-order valence-corrected chi connectivity index (χ0v) is 14.1. The van der Waals surface area contributed by atoms with Crippen molar-refractivity contribution in [2.24, 2.45) is 5.41 Å². The molecule has 0 aliphatic rings. The van der Waals surface area contributed by atoms with Crippen LogP contribution in [0.15, 0.2) is 22.9 Å². The number of aliphatic carboxylic acids is 1. The number of carboxylic acid groups (broad SMARTS) is 1. The standard InChI is InChI=1S/C15H20BrN3O2/c1-10-6-11(16)9-19-12(8-18-13(10)19)7-17-5-4-15(2,3)14(20)21/h6,8-9,17H,4-5,7H2,1-3H3,(H,20,21). The molecular weight excluding hydrogens is 334 g/mol. The lowest BCUT2D eigenvalue weighted by Crippen LogP contribution is -2.29. The number of nitrogens with one attached hydrogen (secondary N) is 1. The highest BCUT2D eigenvalue weighted by molar-refractivity contribution is 9.10. The van der Waals surface area contributed by atoms with E-state index in [-0.39, 0.29) is 0 Å². The molecule has 0 radical (unpaired) electrons. The number of pyridine rings is 1. The fourth-order valence-electron chi connectivity index (χ4n) is 2.12. The summed E-state index contributed by atoms with van der Waals surface area (Å²) in [6.07, 6.45) is 4.43. The number of carbonyl (C=O) groups is 1. The molecule has 21 heavy (non-hydrogen) atoms. The van der Waals surface area contributed by atoms with Crippen LogP contribution in [0, 0.1) is 12.3 Å². The third-order valence-electron chi connectivity index (χ3n) is 3.64. The normalized spacial score (nSPS) is 12.0. The molecule has 0 amide bonds. The van der Waals surface area contributed by atoms with Crippen LogP contribution in [0.4, 0.5) is 0 Å². The number of aryl methyl sites for hydroxylation is 1. The van der Waals surface area contributed by atoms with Gasteiger partial charge in [-0.05, 0) is 61.3 Å². The zero-order valence-electron chi connectivity index (χ0n) is 12.5. The molecule has 2 rings (SSSR count). The molecule has 5 nitrogen and oxygen atoms in total. The van der Waals surface area contributed by atoms with E-state index < -0.39 is 11.4 Å². The van der Waals surface area contributed by atoms with E-state index in [1.807, 2.05) is 25.4 Å². The minimum absolute atomic E-state index is 0.585. The van der Waals surface area contributed by atoms with E-state index in [9.17, 15) is 4.79 Å². The van der Waals surface area contributed by atoms with Gasteiger partial charge in [0, 0.05) is 17.2 Å². The highest BCUT2D eigenvalue weighted by atomic mass is 79.9. The average Bonchev–Trinajstić information content (AvgIpc) is 2.78. The molecule has 2 aromatic rings. The van der Waals surface area contributed by atoms with Crippen LogP contribution in [0.2, 0.25) is 0 Å². The predicted molar refractivity (Wildman–Crippen MR) is 85.4 cm³/mol. The zero-order chi connectivity index (χ0) is 15.6. The number of carboxylic acids is 1. The van der Waals surface area contributed by atoms with E-state index in [0.717, 1.165) is 21.4 Å². The molecule has 0 aliphatic heterocycles. The first-order valence-electron chi connectivity index (χ1n) is 6.87. The highest BCUT2D eigenvalue weighted by Crippen LogP contribution is 2.20. The fraction of sp³-hybridized carbons (Fsp3) is 0.467. The van der Waals surface area contributed by atoms with Crippen LogP contribution in [-0.4, -0.2) is 27.0 Å². The molecule has 114 valence electrons. The number of rotatable bonds is 6. The van der Waals surface area contributed by atoms with Crippen LogP contribution in [-0.2, 0) is 11.3 Å². The average molecular weight is 354 g/mol. The van der Waals surface area contributed by atoms with Crippen molar-refractivity contribution in [3.05, 3.63) is 34.2 Å². The van der Waals surface area contributed by atoms with Crippen LogP contribution in [0.1, 0.15) is 31.5 Å². The fourth-order valence-corrected chi connectivity index (χ4v) is 2.67. The molecule has 2 aromatic heterocycles. The lowest BCUT2D eigenvalue weighted by Gasteiger charge is -2.18. The van der Waals surface area contributed by atoms with Crippen molar-refractivity contribution >= 4 is 27.5 Å². The first kappa shape index (κ1) is 16.0. The highest BCUT2D eigenvalue weighted by Gasteiger charge is 2.26. The summed E-state index contributed by atoms with van der Waals surface area (Å²) in [4.78, 5) is 15.5. The number of aromatic nitrogens is 2. The SMILES string of the molecule is Cc1cc(Br)cn2c(CNCCC(C)(C)C(=O)O)cnc12. The Morgan fingerprint density at radius 1 is 1.52 bits per heavy atom. The van der Waals surface area contributed by atoms with Crippen LogP contribution >= 0.6 is 15.9 Å². The Labute approximate surface area is 132 Å². The summed E-state index contributed by atoms with van der Waals surface area (Å²) in [6.45, 7) is 6.82. The van der Waals surface area contributed by atoms with Crippen LogP contribution in [0.5, 0.6) is 0 Å². The third kappa shape index (κ3) is 3.63. The van der Waals surface area contributed by atoms with Crippen LogP contribution < -0.4 is 5.32 Å². The van der Waals surface area contributed by atoms with Gasteiger partial charge < -0.3 is 14.8 Å². The number of imidazole rings is 1. The van der Waals surface area contributed by atoms with Crippen LogP contribution in [0.25, 0.3) is 5.65 Å². The summed E-state index contributed by atoms with van der Waals surface area (Å²) in [5, 5.41) is 12.4. The molecule has 0 unspecified atom stereocenters. The summed E-state index contributed by atoms with van der Waals surface area (Å²) in [5.41, 5.74) is 2.41. The summed E-state index contributed by atoms with van der Waals surface area (Å²) in [7, 11) is 0. The Kier molecular flexibility index (Phi) is 4.68. The van der Waals surface area contributed by atoms with E-state index >= 15 is 0 Å². The summed E-state index contributed by atoms with van der Waals surface area (Å²) < 4.78 is 3.06. The Morgan fingerprint density at radius 3 is 2.90 bits per heavy atom. The molecule has 0 bridgehead atoms. The van der Waals surface area contributed by atoms with Crippen molar-refractivity contribution < 1.29 is 9.90 Å². The summed E-state index contributed by atoms with van der Waals surface area (Å²) >= 11 is 3.49. The van der Waals surface area contributed by atoms with E-state index in [4.69, 9.17) is 5.11 Å². The van der Waals surface area contributed by atoms with Gasteiger partial charge in [-0.15, -0.1) is 0 Å². The Hall–Kier alpha value is -1.40. The molecule has 0 atom stereocenters. The lowest BCUT2D eigenvalue weighted by atomic mass is 9.90. The minimum atomic E-state index is -0.765. The van der Waals surface area contributed by atoms with Crippen molar-refractivity contribution in [2.45, 2.75) is 33.7 Å². The predicted octanol–water partition coefficient (Wildman–Crippen LogP) is 3.00. The molecular formula is C15H20BrN3O2. The first-order chi connectivity index (χ1) is 9.81. The maximum atomic E-state index is 11.0. The van der Waals surface area contributed by atoms with Crippen LogP contribution in [0.3, 0.4) is 0 Å². The molecule has 0 saturated heterocycles. The van der Waals surface area contributed by atoms with Crippen molar-refractivity contribution in [3.63, 3.8) is 0 Å². The monoisotopic (exact) mass is 353 g/mol. The van der Waals surface area contributed by atoms with Gasteiger partial charge in [-0.1, -0.05) is 0 Å². The lowest BCUT2D eigenvalue weighted by molar-refractivity contribution is -0.147. The van der Waals surface area contributed by atoms with Crippen molar-refractivity contribution in [3.8, 4) is 0 Å². The van der Waals surface area contributed by atoms with E-state index in [1.54, 1.807) is 13.8 Å². The number of fused-ring (bicyclic) bond motifs is 1. The second-order valence-corrected chi connectivity index (χ2v) is 6.82. The molecule has 0 aliphatic carbocycles. The van der Waals surface area contributed by atoms with Gasteiger partial charge in [0.15, 0.2) is 0 Å². The first-order valence-corrected chi connectivity index (χ1v) is 7.67. The van der Waals surface area contributed by atoms with Gasteiger partial charge >= 0.3 is 5.97 Å². The van der Waals surface area contributed by atoms with Gasteiger partial charge in [0.1, 0.15) is 5.65 Å². The molecule has 0 aromatic carbocycles. The molecule has 0 spiro atoms. The van der Waals surface area contributed by atoms with Gasteiger partial charge in [0.2, 0.25) is 0 Å². The Bertz CT molecular complexity index is 664. The smallest absolute Gasteiger partial charge is 0.309 e. The second-order valence-electron chi connectivity index (χ2n) is 5.90. The third-order valence-corrected chi connectivity index (χ3v) is 4.08. The minimum Gasteiger partial charge on any atom is -0.481 e. The molecule has 2 heterocycles. The number of hydrogen-bond acceptors (Lipinski definition) is 3. The number of halogens is 1. The largest absolute Gasteiger partial charge is 0.481 e. The number of nitrogens with zero attached hydrogens (tertiary/aromatic N) is 2. The molecule has 0 saturated carbocycles. The van der Waals surface area contributed by atoms with E-state index in [1.165, 1.54) is 0 Å². The molecule has 0 fully saturated rings. The molecule has 2 N–H and O–H groups in total. The second kappa shape index (κ2) is 6.15. The van der Waals surface area contributed by atoms with E-state index in [2.05, 4.69) is 30.6 Å². The quantitative estimate of drug-likeness (QED) is 0.783. The number of hydrogen-bond donors (Lipinski definition) is 2. The van der Waals surface area contributed by atoms with Crippen molar-refractivity contribution in [1.29, 1.82) is 0 Å². The van der Waals surface area contributed by atoms with Crippen molar-refractivity contribution in [2.75, 3.05) is 6.54 Å². The topological polar surface area (TPSA) is 66.6 Å². The van der Waals surface area contributed by atoms with Gasteiger partial charge in [0.05, 0.1) is 17.3 Å². The Morgan fingerprint density at radius 2 is 2.24 bits per heavy atom. The van der Waals surface area contributed by atoms with Gasteiger partial charge in [-0.3, -0.25) is 4.79 Å². The van der Waals surface area contributed by atoms with Gasteiger partial charge in [0.25, 0.3) is 0 Å². The molecule has 6 heteroatoms.